The number of carbonyl (C=O) groups excluding carboxylic acids is 1. The number of rotatable bonds is 4. The molecular weight excluding hydrogens is 255 g/mol. The van der Waals surface area contributed by atoms with Crippen LogP contribution in [0.3, 0.4) is 0 Å². The summed E-state index contributed by atoms with van der Waals surface area (Å²) in [6.45, 7) is 2.08. The second-order valence-corrected chi connectivity index (χ2v) is 5.80. The van der Waals surface area contributed by atoms with E-state index < -0.39 is 0 Å². The molecule has 0 aromatic heterocycles. The van der Waals surface area contributed by atoms with Gasteiger partial charge in [-0.3, -0.25) is 10.1 Å². The Balaban J connectivity index is 1.88. The van der Waals surface area contributed by atoms with Crippen molar-refractivity contribution in [1.82, 2.24) is 10.2 Å². The molecule has 2 atom stereocenters. The number of hydrogen-bond acceptors (Lipinski definition) is 2. The smallest absolute Gasteiger partial charge is 0.241 e. The van der Waals surface area contributed by atoms with Crippen molar-refractivity contribution in [3.63, 3.8) is 0 Å². The zero-order valence-electron chi connectivity index (χ0n) is 11.8. The Morgan fingerprint density at radius 2 is 2.20 bits per heavy atom. The van der Waals surface area contributed by atoms with Gasteiger partial charge in [0.15, 0.2) is 0 Å². The van der Waals surface area contributed by atoms with E-state index in [-0.39, 0.29) is 23.9 Å². The van der Waals surface area contributed by atoms with Crippen LogP contribution in [0, 0.1) is 5.82 Å². The molecule has 1 aliphatic carbocycles. The van der Waals surface area contributed by atoms with Crippen molar-refractivity contribution in [2.24, 2.45) is 0 Å². The molecule has 1 N–H and O–H groups in total. The lowest BCUT2D eigenvalue weighted by Crippen LogP contribution is -2.44. The average Bonchev–Trinajstić information content (AvgIpc) is 2.67. The number of hydrogen-bond donors (Lipinski definition) is 1. The highest BCUT2D eigenvalue weighted by molar-refractivity contribution is 5.85. The number of benzene rings is 1. The molecular formula is C16H21FN2O. The summed E-state index contributed by atoms with van der Waals surface area (Å²) in [5.41, 5.74) is 0.851. The van der Waals surface area contributed by atoms with Gasteiger partial charge in [0.25, 0.3) is 0 Å². The Hall–Kier alpha value is -1.42. The molecule has 3 nitrogen and oxygen atoms in total. The van der Waals surface area contributed by atoms with Crippen LogP contribution in [0.5, 0.6) is 0 Å². The zero-order valence-corrected chi connectivity index (χ0v) is 11.8. The van der Waals surface area contributed by atoms with Crippen molar-refractivity contribution in [3.05, 3.63) is 35.6 Å². The van der Waals surface area contributed by atoms with E-state index in [4.69, 9.17) is 0 Å². The first kappa shape index (κ1) is 13.6. The molecule has 2 fully saturated rings. The predicted octanol–water partition coefficient (Wildman–Crippen LogP) is 2.98. The highest BCUT2D eigenvalue weighted by Gasteiger charge is 2.44. The van der Waals surface area contributed by atoms with Crippen LogP contribution in [0.15, 0.2) is 24.3 Å². The van der Waals surface area contributed by atoms with Crippen LogP contribution < -0.4 is 5.32 Å². The summed E-state index contributed by atoms with van der Waals surface area (Å²) in [6.07, 6.45) is 4.96. The van der Waals surface area contributed by atoms with Crippen LogP contribution >= 0.6 is 0 Å². The minimum atomic E-state index is -0.246. The number of carbonyl (C=O) groups is 1. The molecule has 1 heterocycles. The van der Waals surface area contributed by atoms with Crippen molar-refractivity contribution >= 4 is 5.91 Å². The molecule has 2 unspecified atom stereocenters. The van der Waals surface area contributed by atoms with Gasteiger partial charge < -0.3 is 4.90 Å². The SMILES string of the molecule is CCCC1NC(c2cccc(F)c2)N(C2CCC2)C1=O. The third-order valence-electron chi connectivity index (χ3n) is 4.40. The van der Waals surface area contributed by atoms with E-state index in [1.165, 1.54) is 18.6 Å². The maximum Gasteiger partial charge on any atom is 0.241 e. The minimum Gasteiger partial charge on any atom is -0.319 e. The van der Waals surface area contributed by atoms with Gasteiger partial charge in [-0.15, -0.1) is 0 Å². The van der Waals surface area contributed by atoms with E-state index in [1.807, 2.05) is 11.0 Å². The lowest BCUT2D eigenvalue weighted by Gasteiger charge is -2.38. The van der Waals surface area contributed by atoms with Crippen LogP contribution in [0.1, 0.15) is 50.8 Å². The van der Waals surface area contributed by atoms with Gasteiger partial charge in [0.2, 0.25) is 5.91 Å². The Morgan fingerprint density at radius 1 is 1.40 bits per heavy atom. The van der Waals surface area contributed by atoms with E-state index in [0.29, 0.717) is 6.04 Å². The van der Waals surface area contributed by atoms with Crippen molar-refractivity contribution in [2.75, 3.05) is 0 Å². The van der Waals surface area contributed by atoms with Crippen LogP contribution in [-0.4, -0.2) is 22.9 Å². The molecule has 0 spiro atoms. The van der Waals surface area contributed by atoms with E-state index in [9.17, 15) is 9.18 Å². The molecule has 20 heavy (non-hydrogen) atoms. The summed E-state index contributed by atoms with van der Waals surface area (Å²) >= 11 is 0. The van der Waals surface area contributed by atoms with E-state index in [1.54, 1.807) is 6.07 Å². The first-order valence-corrected chi connectivity index (χ1v) is 7.54. The second-order valence-electron chi connectivity index (χ2n) is 5.80. The number of amides is 1. The van der Waals surface area contributed by atoms with Gasteiger partial charge >= 0.3 is 0 Å². The average molecular weight is 276 g/mol. The maximum absolute atomic E-state index is 13.5. The topological polar surface area (TPSA) is 32.3 Å². The fourth-order valence-corrected chi connectivity index (χ4v) is 3.13. The molecule has 0 bridgehead atoms. The lowest BCUT2D eigenvalue weighted by atomic mass is 9.90. The van der Waals surface area contributed by atoms with E-state index in [2.05, 4.69) is 12.2 Å². The summed E-state index contributed by atoms with van der Waals surface area (Å²) in [4.78, 5) is 14.5. The van der Waals surface area contributed by atoms with Crippen molar-refractivity contribution < 1.29 is 9.18 Å². The molecule has 1 aliphatic heterocycles. The van der Waals surface area contributed by atoms with Crippen molar-refractivity contribution in [2.45, 2.75) is 57.3 Å². The van der Waals surface area contributed by atoms with Gasteiger partial charge in [0.1, 0.15) is 12.0 Å². The Bertz CT molecular complexity index is 501. The van der Waals surface area contributed by atoms with Crippen molar-refractivity contribution in [1.29, 1.82) is 0 Å². The Labute approximate surface area is 119 Å². The third kappa shape index (κ3) is 2.33. The normalized spacial score (nSPS) is 26.9. The number of halogens is 1. The lowest BCUT2D eigenvalue weighted by molar-refractivity contribution is -0.134. The first-order chi connectivity index (χ1) is 9.70. The van der Waals surface area contributed by atoms with Gasteiger partial charge in [-0.05, 0) is 43.4 Å². The molecule has 1 aromatic rings. The van der Waals surface area contributed by atoms with Gasteiger partial charge in [0, 0.05) is 6.04 Å². The summed E-state index contributed by atoms with van der Waals surface area (Å²) in [5.74, 6) is -0.0601. The Kier molecular flexibility index (Phi) is 3.74. The largest absolute Gasteiger partial charge is 0.319 e. The standard InChI is InChI=1S/C16H21FN2O/c1-2-5-14-16(20)19(13-8-4-9-13)15(18-14)11-6-3-7-12(17)10-11/h3,6-7,10,13-15,18H,2,4-5,8-9H2,1H3. The van der Waals surface area contributed by atoms with E-state index >= 15 is 0 Å². The third-order valence-corrected chi connectivity index (χ3v) is 4.40. The summed E-state index contributed by atoms with van der Waals surface area (Å²) in [5, 5.41) is 3.39. The molecule has 1 saturated heterocycles. The number of nitrogens with one attached hydrogen (secondary N) is 1. The molecule has 108 valence electrons. The fourth-order valence-electron chi connectivity index (χ4n) is 3.13. The first-order valence-electron chi connectivity index (χ1n) is 7.54. The summed E-state index contributed by atoms with van der Waals surface area (Å²) in [6, 6.07) is 6.79. The van der Waals surface area contributed by atoms with Gasteiger partial charge in [-0.1, -0.05) is 25.5 Å². The highest BCUT2D eigenvalue weighted by Crippen LogP contribution is 2.36. The minimum absolute atomic E-state index is 0.117. The van der Waals surface area contributed by atoms with Crippen LogP contribution in [0.2, 0.25) is 0 Å². The van der Waals surface area contributed by atoms with Crippen LogP contribution in [-0.2, 0) is 4.79 Å². The summed E-state index contributed by atoms with van der Waals surface area (Å²) < 4.78 is 13.5. The maximum atomic E-state index is 13.5. The van der Waals surface area contributed by atoms with Gasteiger partial charge in [-0.25, -0.2) is 4.39 Å². The molecule has 1 saturated carbocycles. The van der Waals surface area contributed by atoms with E-state index in [0.717, 1.165) is 31.2 Å². The quantitative estimate of drug-likeness (QED) is 0.917. The van der Waals surface area contributed by atoms with Crippen LogP contribution in [0.4, 0.5) is 4.39 Å². The molecule has 0 radical (unpaired) electrons. The van der Waals surface area contributed by atoms with Crippen LogP contribution in [0.25, 0.3) is 0 Å². The summed E-state index contributed by atoms with van der Waals surface area (Å²) in [7, 11) is 0. The molecule has 3 rings (SSSR count). The molecule has 1 aromatic carbocycles. The highest BCUT2D eigenvalue weighted by atomic mass is 19.1. The molecule has 2 aliphatic rings. The predicted molar refractivity (Wildman–Crippen MR) is 75.5 cm³/mol. The Morgan fingerprint density at radius 3 is 2.80 bits per heavy atom. The number of nitrogens with zero attached hydrogens (tertiary/aromatic N) is 1. The fraction of sp³-hybridized carbons (Fsp3) is 0.562. The molecule has 1 amide bonds. The van der Waals surface area contributed by atoms with Crippen molar-refractivity contribution in [3.8, 4) is 0 Å². The zero-order chi connectivity index (χ0) is 14.1. The van der Waals surface area contributed by atoms with Gasteiger partial charge in [0.05, 0.1) is 6.04 Å². The second kappa shape index (κ2) is 5.52. The van der Waals surface area contributed by atoms with Gasteiger partial charge in [-0.2, -0.15) is 0 Å². The molecule has 4 heteroatoms. The monoisotopic (exact) mass is 276 g/mol.